The van der Waals surface area contributed by atoms with Crippen molar-refractivity contribution in [2.45, 2.75) is 6.92 Å². The predicted molar refractivity (Wildman–Crippen MR) is 53.9 cm³/mol. The number of rotatable bonds is 1. The van der Waals surface area contributed by atoms with Crippen LogP contribution in [-0.2, 0) is 9.59 Å². The van der Waals surface area contributed by atoms with Crippen molar-refractivity contribution in [1.29, 1.82) is 0 Å². The van der Waals surface area contributed by atoms with Gasteiger partial charge in [-0.3, -0.25) is 0 Å². The molecule has 3 heteroatoms. The lowest BCUT2D eigenvalue weighted by Crippen LogP contribution is -1.74. The Kier molecular flexibility index (Phi) is 4.07. The molecule has 1 heterocycles. The van der Waals surface area contributed by atoms with Gasteiger partial charge in [0.15, 0.2) is 0 Å². The molecule has 2 aromatic rings. The van der Waals surface area contributed by atoms with Gasteiger partial charge in [0.05, 0.1) is 12.5 Å². The van der Waals surface area contributed by atoms with Gasteiger partial charge in [-0.1, -0.05) is 29.8 Å². The van der Waals surface area contributed by atoms with Crippen molar-refractivity contribution in [3.05, 3.63) is 48.4 Å². The van der Waals surface area contributed by atoms with Crippen LogP contribution in [0.4, 0.5) is 0 Å². The number of aryl methyl sites for hydroxylation is 1. The van der Waals surface area contributed by atoms with E-state index in [4.69, 9.17) is 14.0 Å². The Morgan fingerprint density at radius 2 is 1.87 bits per heavy atom. The summed E-state index contributed by atoms with van der Waals surface area (Å²) in [4.78, 5) is 16.2. The zero-order valence-electron chi connectivity index (χ0n) is 8.27. The van der Waals surface area contributed by atoms with E-state index in [9.17, 15) is 0 Å². The first-order valence-electron chi connectivity index (χ1n) is 4.36. The average Bonchev–Trinajstić information content (AvgIpc) is 2.71. The fraction of sp³-hybridized carbons (Fsp3) is 0.0833. The summed E-state index contributed by atoms with van der Waals surface area (Å²) in [5.41, 5.74) is 3.62. The maximum Gasteiger partial charge on any atom is 0.373 e. The van der Waals surface area contributed by atoms with Crippen LogP contribution in [0, 0.1) is 6.92 Å². The van der Waals surface area contributed by atoms with E-state index in [0.29, 0.717) is 0 Å². The van der Waals surface area contributed by atoms with Gasteiger partial charge in [0.1, 0.15) is 0 Å². The van der Waals surface area contributed by atoms with Crippen LogP contribution in [0.15, 0.2) is 47.3 Å². The van der Waals surface area contributed by atoms with Gasteiger partial charge in [-0.2, -0.15) is 9.59 Å². The average molecular weight is 202 g/mol. The lowest BCUT2D eigenvalue weighted by atomic mass is 10.1. The second-order valence-electron chi connectivity index (χ2n) is 2.96. The van der Waals surface area contributed by atoms with Crippen molar-refractivity contribution >= 4 is 6.15 Å². The lowest BCUT2D eigenvalue weighted by molar-refractivity contribution is -0.191. The van der Waals surface area contributed by atoms with Gasteiger partial charge in [0.2, 0.25) is 0 Å². The Labute approximate surface area is 87.3 Å². The summed E-state index contributed by atoms with van der Waals surface area (Å²) in [6, 6.07) is 10.3. The van der Waals surface area contributed by atoms with Gasteiger partial charge in [-0.15, -0.1) is 0 Å². The van der Waals surface area contributed by atoms with Gasteiger partial charge >= 0.3 is 6.15 Å². The van der Waals surface area contributed by atoms with Crippen LogP contribution in [-0.4, -0.2) is 6.15 Å². The maximum atomic E-state index is 8.12. The van der Waals surface area contributed by atoms with Crippen LogP contribution in [0.2, 0.25) is 0 Å². The minimum Gasteiger partial charge on any atom is -0.472 e. The van der Waals surface area contributed by atoms with E-state index in [1.54, 1.807) is 12.5 Å². The molecule has 2 rings (SSSR count). The number of hydrogen-bond acceptors (Lipinski definition) is 3. The largest absolute Gasteiger partial charge is 0.472 e. The first-order chi connectivity index (χ1) is 7.27. The highest BCUT2D eigenvalue weighted by Gasteiger charge is 1.97. The highest BCUT2D eigenvalue weighted by atomic mass is 16.3. The molecule has 0 aliphatic rings. The molecule has 0 radical (unpaired) electrons. The Morgan fingerprint density at radius 3 is 2.40 bits per heavy atom. The molecule has 0 saturated carbocycles. The Bertz CT molecular complexity index is 438. The van der Waals surface area contributed by atoms with E-state index in [1.807, 2.05) is 6.07 Å². The van der Waals surface area contributed by atoms with Crippen molar-refractivity contribution < 1.29 is 14.0 Å². The van der Waals surface area contributed by atoms with Crippen molar-refractivity contribution in [2.75, 3.05) is 0 Å². The standard InChI is InChI=1S/C11H10O.CO2/c1-9-3-2-4-10(7-9)11-5-6-12-8-11;2-1-3/h2-8H,1H3;. The molecule has 0 saturated heterocycles. The molecule has 0 fully saturated rings. The Morgan fingerprint density at radius 1 is 1.13 bits per heavy atom. The summed E-state index contributed by atoms with van der Waals surface area (Å²) < 4.78 is 5.01. The van der Waals surface area contributed by atoms with Crippen LogP contribution in [0.1, 0.15) is 5.56 Å². The third-order valence-electron chi connectivity index (χ3n) is 1.87. The van der Waals surface area contributed by atoms with E-state index in [2.05, 4.69) is 31.2 Å². The summed E-state index contributed by atoms with van der Waals surface area (Å²) in [5.74, 6) is 0. The fourth-order valence-corrected chi connectivity index (χ4v) is 1.25. The molecule has 1 aromatic carbocycles. The molecule has 76 valence electrons. The van der Waals surface area contributed by atoms with Crippen molar-refractivity contribution in [3.8, 4) is 11.1 Å². The Balaban J connectivity index is 0.000000337. The molecule has 0 atom stereocenters. The number of benzene rings is 1. The van der Waals surface area contributed by atoms with Gasteiger partial charge in [0, 0.05) is 5.56 Å². The molecule has 0 aliphatic carbocycles. The minimum atomic E-state index is 0.250. The molecule has 0 bridgehead atoms. The SMILES string of the molecule is Cc1cccc(-c2ccoc2)c1.O=C=O. The van der Waals surface area contributed by atoms with Gasteiger partial charge in [-0.25, -0.2) is 0 Å². The molecule has 0 N–H and O–H groups in total. The summed E-state index contributed by atoms with van der Waals surface area (Å²) in [7, 11) is 0. The van der Waals surface area contributed by atoms with E-state index in [0.717, 1.165) is 5.56 Å². The second-order valence-corrected chi connectivity index (χ2v) is 2.96. The number of carbonyl (C=O) groups excluding carboxylic acids is 2. The molecule has 0 aliphatic heterocycles. The summed E-state index contributed by atoms with van der Waals surface area (Å²) in [5, 5.41) is 0. The van der Waals surface area contributed by atoms with Crippen molar-refractivity contribution in [1.82, 2.24) is 0 Å². The first-order valence-corrected chi connectivity index (χ1v) is 4.36. The molecule has 0 spiro atoms. The van der Waals surface area contributed by atoms with Crippen LogP contribution in [0.5, 0.6) is 0 Å². The number of furan rings is 1. The summed E-state index contributed by atoms with van der Waals surface area (Å²) in [6.45, 7) is 2.09. The Hall–Kier alpha value is -2.12. The normalized spacial score (nSPS) is 8.60. The van der Waals surface area contributed by atoms with Crippen LogP contribution in [0.3, 0.4) is 0 Å². The quantitative estimate of drug-likeness (QED) is 0.714. The zero-order chi connectivity index (χ0) is 11.1. The van der Waals surface area contributed by atoms with E-state index in [-0.39, 0.29) is 6.15 Å². The van der Waals surface area contributed by atoms with Crippen molar-refractivity contribution in [3.63, 3.8) is 0 Å². The van der Waals surface area contributed by atoms with Crippen LogP contribution >= 0.6 is 0 Å². The maximum absolute atomic E-state index is 8.12. The highest BCUT2D eigenvalue weighted by Crippen LogP contribution is 2.19. The molecule has 15 heavy (non-hydrogen) atoms. The van der Waals surface area contributed by atoms with Gasteiger partial charge < -0.3 is 4.42 Å². The zero-order valence-corrected chi connectivity index (χ0v) is 8.27. The van der Waals surface area contributed by atoms with E-state index >= 15 is 0 Å². The minimum absolute atomic E-state index is 0.250. The number of hydrogen-bond donors (Lipinski definition) is 0. The molecule has 3 nitrogen and oxygen atoms in total. The second kappa shape index (κ2) is 5.58. The third kappa shape index (κ3) is 3.25. The highest BCUT2D eigenvalue weighted by molar-refractivity contribution is 5.62. The topological polar surface area (TPSA) is 47.3 Å². The van der Waals surface area contributed by atoms with Gasteiger partial charge in [0.25, 0.3) is 0 Å². The predicted octanol–water partition coefficient (Wildman–Crippen LogP) is 2.67. The fourth-order valence-electron chi connectivity index (χ4n) is 1.25. The third-order valence-corrected chi connectivity index (χ3v) is 1.87. The summed E-state index contributed by atoms with van der Waals surface area (Å²) >= 11 is 0. The summed E-state index contributed by atoms with van der Waals surface area (Å²) in [6.07, 6.45) is 3.70. The monoisotopic (exact) mass is 202 g/mol. The smallest absolute Gasteiger partial charge is 0.373 e. The molecular formula is C12H10O3. The molecule has 1 aromatic heterocycles. The lowest BCUT2D eigenvalue weighted by Gasteiger charge is -1.97. The van der Waals surface area contributed by atoms with Crippen LogP contribution in [0.25, 0.3) is 11.1 Å². The van der Waals surface area contributed by atoms with E-state index in [1.165, 1.54) is 11.1 Å². The van der Waals surface area contributed by atoms with Gasteiger partial charge in [-0.05, 0) is 18.6 Å². The molecular weight excluding hydrogens is 192 g/mol. The first kappa shape index (κ1) is 11.0. The van der Waals surface area contributed by atoms with E-state index < -0.39 is 0 Å². The van der Waals surface area contributed by atoms with Crippen LogP contribution < -0.4 is 0 Å². The molecule has 0 unspecified atom stereocenters. The molecule has 0 amide bonds. The van der Waals surface area contributed by atoms with Crippen molar-refractivity contribution in [2.24, 2.45) is 0 Å².